The highest BCUT2D eigenvalue weighted by atomic mass is 16.5. The largest absolute Gasteiger partial charge is 0.465 e. The molecule has 2 rings (SSSR count). The Labute approximate surface area is 135 Å². The summed E-state index contributed by atoms with van der Waals surface area (Å²) in [5.41, 5.74) is 4.49. The predicted molar refractivity (Wildman–Crippen MR) is 87.6 cm³/mol. The summed E-state index contributed by atoms with van der Waals surface area (Å²) >= 11 is 0. The molecule has 6 nitrogen and oxygen atoms in total. The Morgan fingerprint density at radius 1 is 1.13 bits per heavy atom. The van der Waals surface area contributed by atoms with Gasteiger partial charge >= 0.3 is 5.97 Å². The van der Waals surface area contributed by atoms with E-state index in [0.717, 1.165) is 16.8 Å². The molecule has 1 aromatic carbocycles. The zero-order valence-corrected chi connectivity index (χ0v) is 14.1. The highest BCUT2D eigenvalue weighted by Crippen LogP contribution is 2.16. The first-order valence-electron chi connectivity index (χ1n) is 7.32. The number of hydrogen-bond donors (Lipinski definition) is 1. The average Bonchev–Trinajstić information content (AvgIpc) is 2.71. The zero-order chi connectivity index (χ0) is 17.1. The van der Waals surface area contributed by atoms with E-state index in [-0.39, 0.29) is 12.5 Å². The van der Waals surface area contributed by atoms with Crippen LogP contribution in [0.5, 0.6) is 0 Å². The van der Waals surface area contributed by atoms with Gasteiger partial charge in [0.05, 0.1) is 18.5 Å². The Balaban J connectivity index is 2.16. The fourth-order valence-electron chi connectivity index (χ4n) is 2.63. The van der Waals surface area contributed by atoms with Gasteiger partial charge in [0.15, 0.2) is 0 Å². The number of hydrogen-bond acceptors (Lipinski definition) is 4. The first kappa shape index (κ1) is 16.7. The summed E-state index contributed by atoms with van der Waals surface area (Å²) in [6.45, 7) is 7.46. The van der Waals surface area contributed by atoms with E-state index in [1.165, 1.54) is 11.8 Å². The van der Waals surface area contributed by atoms with Gasteiger partial charge < -0.3 is 10.1 Å². The van der Waals surface area contributed by atoms with Crippen LogP contribution in [0.4, 0.5) is 5.69 Å². The second kappa shape index (κ2) is 6.64. The molecule has 0 aliphatic heterocycles. The van der Waals surface area contributed by atoms with Gasteiger partial charge in [-0.3, -0.25) is 9.48 Å². The molecule has 0 saturated carbocycles. The fraction of sp³-hybridized carbons (Fsp3) is 0.353. The van der Waals surface area contributed by atoms with Gasteiger partial charge in [-0.25, -0.2) is 4.79 Å². The quantitative estimate of drug-likeness (QED) is 0.880. The van der Waals surface area contributed by atoms with Crippen LogP contribution in [-0.4, -0.2) is 28.8 Å². The molecule has 23 heavy (non-hydrogen) atoms. The van der Waals surface area contributed by atoms with Crippen LogP contribution in [0.25, 0.3) is 0 Å². The lowest BCUT2D eigenvalue weighted by Gasteiger charge is -2.09. The summed E-state index contributed by atoms with van der Waals surface area (Å²) in [5.74, 6) is -0.641. The van der Waals surface area contributed by atoms with Crippen molar-refractivity contribution in [2.75, 3.05) is 12.4 Å². The third-order valence-electron chi connectivity index (χ3n) is 3.57. The number of amides is 1. The molecule has 0 aliphatic carbocycles. The number of carbonyl (C=O) groups is 2. The number of benzene rings is 1. The number of nitrogens with one attached hydrogen (secondary N) is 1. The van der Waals surface area contributed by atoms with Crippen LogP contribution in [-0.2, 0) is 16.1 Å². The third kappa shape index (κ3) is 3.77. The van der Waals surface area contributed by atoms with Crippen molar-refractivity contribution >= 4 is 17.6 Å². The number of esters is 1. The Hall–Kier alpha value is -2.63. The highest BCUT2D eigenvalue weighted by Gasteiger charge is 2.20. The normalized spacial score (nSPS) is 10.5. The molecule has 0 fully saturated rings. The molecule has 0 atom stereocenters. The Kier molecular flexibility index (Phi) is 4.83. The summed E-state index contributed by atoms with van der Waals surface area (Å²) in [7, 11) is 1.32. The molecular formula is C17H21N3O3. The lowest BCUT2D eigenvalue weighted by atomic mass is 10.1. The van der Waals surface area contributed by atoms with Crippen LogP contribution in [0.15, 0.2) is 18.2 Å². The Morgan fingerprint density at radius 2 is 1.74 bits per heavy atom. The maximum Gasteiger partial charge on any atom is 0.341 e. The van der Waals surface area contributed by atoms with Crippen molar-refractivity contribution in [1.29, 1.82) is 0 Å². The van der Waals surface area contributed by atoms with Crippen LogP contribution in [0.3, 0.4) is 0 Å². The number of nitrogens with zero attached hydrogens (tertiary/aromatic N) is 2. The lowest BCUT2D eigenvalue weighted by molar-refractivity contribution is -0.116. The molecule has 1 heterocycles. The van der Waals surface area contributed by atoms with E-state index in [9.17, 15) is 9.59 Å². The van der Waals surface area contributed by atoms with Crippen molar-refractivity contribution < 1.29 is 14.3 Å². The molecule has 0 bridgehead atoms. The molecule has 0 saturated heterocycles. The molecule has 122 valence electrons. The molecule has 0 spiro atoms. The van der Waals surface area contributed by atoms with Crippen LogP contribution < -0.4 is 5.32 Å². The molecule has 1 N–H and O–H groups in total. The molecule has 1 aromatic heterocycles. The SMILES string of the molecule is COC(=O)c1c(C)nn(CC(=O)Nc2cc(C)cc(C)c2)c1C. The Morgan fingerprint density at radius 3 is 2.30 bits per heavy atom. The number of rotatable bonds is 4. The van der Waals surface area contributed by atoms with E-state index in [2.05, 4.69) is 10.4 Å². The Bertz CT molecular complexity index is 742. The van der Waals surface area contributed by atoms with Crippen molar-refractivity contribution in [2.45, 2.75) is 34.2 Å². The van der Waals surface area contributed by atoms with Gasteiger partial charge in [0, 0.05) is 5.69 Å². The number of aryl methyl sites for hydroxylation is 3. The van der Waals surface area contributed by atoms with E-state index in [1.54, 1.807) is 13.8 Å². The minimum atomic E-state index is -0.444. The number of methoxy groups -OCH3 is 1. The molecular weight excluding hydrogens is 294 g/mol. The average molecular weight is 315 g/mol. The number of anilines is 1. The smallest absolute Gasteiger partial charge is 0.341 e. The standard InChI is InChI=1S/C17H21N3O3/c1-10-6-11(2)8-14(7-10)18-15(21)9-20-13(4)16(12(3)19-20)17(22)23-5/h6-8H,9H2,1-5H3,(H,18,21). The number of ether oxygens (including phenoxy) is 1. The van der Waals surface area contributed by atoms with Gasteiger partial charge in [0.2, 0.25) is 5.91 Å². The minimum absolute atomic E-state index is 0.0384. The predicted octanol–water partition coefficient (Wildman–Crippen LogP) is 2.54. The van der Waals surface area contributed by atoms with Crippen LogP contribution in [0, 0.1) is 27.7 Å². The van der Waals surface area contributed by atoms with Gasteiger partial charge in [-0.15, -0.1) is 0 Å². The van der Waals surface area contributed by atoms with Crippen LogP contribution in [0.2, 0.25) is 0 Å². The third-order valence-corrected chi connectivity index (χ3v) is 3.57. The molecule has 2 aromatic rings. The van der Waals surface area contributed by atoms with Gasteiger partial charge in [0.1, 0.15) is 12.1 Å². The monoisotopic (exact) mass is 315 g/mol. The highest BCUT2D eigenvalue weighted by molar-refractivity contribution is 5.93. The van der Waals surface area contributed by atoms with Crippen LogP contribution in [0.1, 0.15) is 32.9 Å². The van der Waals surface area contributed by atoms with Crippen molar-refractivity contribution in [3.8, 4) is 0 Å². The van der Waals surface area contributed by atoms with Crippen molar-refractivity contribution in [3.05, 3.63) is 46.3 Å². The first-order chi connectivity index (χ1) is 10.8. The van der Waals surface area contributed by atoms with E-state index in [1.807, 2.05) is 32.0 Å². The van der Waals surface area contributed by atoms with Gasteiger partial charge in [0.25, 0.3) is 0 Å². The summed E-state index contributed by atoms with van der Waals surface area (Å²) in [4.78, 5) is 24.0. The van der Waals surface area contributed by atoms with E-state index >= 15 is 0 Å². The summed E-state index contributed by atoms with van der Waals surface area (Å²) < 4.78 is 6.26. The zero-order valence-electron chi connectivity index (χ0n) is 14.1. The second-order valence-corrected chi connectivity index (χ2v) is 5.62. The van der Waals surface area contributed by atoms with Crippen LogP contribution >= 0.6 is 0 Å². The second-order valence-electron chi connectivity index (χ2n) is 5.62. The summed E-state index contributed by atoms with van der Waals surface area (Å²) in [6.07, 6.45) is 0. The molecule has 0 aliphatic rings. The van der Waals surface area contributed by atoms with Crippen molar-refractivity contribution in [2.24, 2.45) is 0 Å². The maximum absolute atomic E-state index is 12.2. The number of carbonyl (C=O) groups excluding carboxylic acids is 2. The lowest BCUT2D eigenvalue weighted by Crippen LogP contribution is -2.20. The van der Waals surface area contributed by atoms with Gasteiger partial charge in [-0.1, -0.05) is 6.07 Å². The molecule has 0 unspecified atom stereocenters. The van der Waals surface area contributed by atoms with E-state index < -0.39 is 5.97 Å². The molecule has 6 heteroatoms. The fourth-order valence-corrected chi connectivity index (χ4v) is 2.63. The summed E-state index contributed by atoms with van der Waals surface area (Å²) in [6, 6.07) is 5.86. The summed E-state index contributed by atoms with van der Waals surface area (Å²) in [5, 5.41) is 7.11. The topological polar surface area (TPSA) is 73.2 Å². The van der Waals surface area contributed by atoms with Gasteiger partial charge in [-0.05, 0) is 51.0 Å². The minimum Gasteiger partial charge on any atom is -0.465 e. The molecule has 1 amide bonds. The van der Waals surface area contributed by atoms with Crippen molar-refractivity contribution in [1.82, 2.24) is 9.78 Å². The van der Waals surface area contributed by atoms with E-state index in [4.69, 9.17) is 4.74 Å². The number of aromatic nitrogens is 2. The maximum atomic E-state index is 12.2. The molecule has 0 radical (unpaired) electrons. The van der Waals surface area contributed by atoms with Gasteiger partial charge in [-0.2, -0.15) is 5.10 Å². The van der Waals surface area contributed by atoms with Crippen molar-refractivity contribution in [3.63, 3.8) is 0 Å². The van der Waals surface area contributed by atoms with E-state index in [0.29, 0.717) is 17.0 Å². The first-order valence-corrected chi connectivity index (χ1v) is 7.32.